The molecule has 1 aromatic heterocycles. The maximum Gasteiger partial charge on any atom is 0.414 e. The second-order valence-corrected chi connectivity index (χ2v) is 12.5. The number of benzene rings is 3. The van der Waals surface area contributed by atoms with Crippen LogP contribution < -0.4 is 9.64 Å². The van der Waals surface area contributed by atoms with E-state index in [1.807, 2.05) is 43.5 Å². The van der Waals surface area contributed by atoms with Gasteiger partial charge in [-0.15, -0.1) is 0 Å². The average molecular weight is 678 g/mol. The molecule has 2 aliphatic rings. The number of ether oxygens (including phenoxy) is 2. The average Bonchev–Trinajstić information content (AvgIpc) is 3.71. The standard InChI is InChI=1S/C35H34Cl2N4O6/c1-3-39(20-32(42)43)34(44)22-10-11-29(37)24(14-22)17-40-18-25(16-38-40)26-6-4-8-30-33(26)27-15-23(27)19-41(30)35(45)47-13-12-46-31-9-5-7-28(36)21(31)2/h4-11,14,16,18,23,27H,3,12-13,15,17,19-20H2,1-2H3,(H,42,43)/t23-,27-/m0/s1. The highest BCUT2D eigenvalue weighted by molar-refractivity contribution is 6.31. The van der Waals surface area contributed by atoms with Crippen LogP contribution in [0.1, 0.15) is 46.3 Å². The van der Waals surface area contributed by atoms with Crippen molar-refractivity contribution in [3.8, 4) is 16.9 Å². The van der Waals surface area contributed by atoms with Gasteiger partial charge in [-0.25, -0.2) is 4.79 Å². The highest BCUT2D eigenvalue weighted by atomic mass is 35.5. The molecule has 0 unspecified atom stereocenters. The van der Waals surface area contributed by atoms with Crippen LogP contribution in [0, 0.1) is 12.8 Å². The third-order valence-electron chi connectivity index (χ3n) is 8.65. The lowest BCUT2D eigenvalue weighted by Crippen LogP contribution is -2.37. The lowest BCUT2D eigenvalue weighted by atomic mass is 9.93. The molecule has 2 heterocycles. The Morgan fingerprint density at radius 3 is 2.66 bits per heavy atom. The van der Waals surface area contributed by atoms with Crippen molar-refractivity contribution >= 4 is 46.9 Å². The van der Waals surface area contributed by atoms with E-state index in [9.17, 15) is 14.4 Å². The molecule has 1 aliphatic heterocycles. The smallest absolute Gasteiger partial charge is 0.414 e. The number of amides is 2. The van der Waals surface area contributed by atoms with Crippen LogP contribution in [0.5, 0.6) is 5.75 Å². The molecule has 244 valence electrons. The summed E-state index contributed by atoms with van der Waals surface area (Å²) in [5.41, 5.74) is 5.71. The summed E-state index contributed by atoms with van der Waals surface area (Å²) in [6.07, 6.45) is 4.29. The Morgan fingerprint density at radius 2 is 1.87 bits per heavy atom. The number of rotatable bonds is 11. The van der Waals surface area contributed by atoms with Gasteiger partial charge in [0.05, 0.1) is 18.4 Å². The fourth-order valence-corrected chi connectivity index (χ4v) is 6.45. The van der Waals surface area contributed by atoms with E-state index < -0.39 is 12.1 Å². The Morgan fingerprint density at radius 1 is 1.06 bits per heavy atom. The molecule has 1 saturated carbocycles. The molecule has 6 rings (SSSR count). The molecular weight excluding hydrogens is 643 g/mol. The number of carbonyl (C=O) groups is 3. The van der Waals surface area contributed by atoms with Crippen LogP contribution in [0.4, 0.5) is 10.5 Å². The minimum atomic E-state index is -1.08. The second-order valence-electron chi connectivity index (χ2n) is 11.7. The van der Waals surface area contributed by atoms with Crippen molar-refractivity contribution in [2.24, 2.45) is 5.92 Å². The first kappa shape index (κ1) is 32.4. The van der Waals surface area contributed by atoms with Crippen LogP contribution in [-0.2, 0) is 16.1 Å². The van der Waals surface area contributed by atoms with Crippen molar-refractivity contribution in [1.82, 2.24) is 14.7 Å². The van der Waals surface area contributed by atoms with Crippen molar-refractivity contribution in [3.63, 3.8) is 0 Å². The lowest BCUT2D eigenvalue weighted by Gasteiger charge is -2.29. The number of hydrogen-bond acceptors (Lipinski definition) is 6. The third-order valence-corrected chi connectivity index (χ3v) is 9.43. The molecule has 0 radical (unpaired) electrons. The summed E-state index contributed by atoms with van der Waals surface area (Å²) in [5.74, 6) is -0.0821. The summed E-state index contributed by atoms with van der Waals surface area (Å²) >= 11 is 12.7. The number of carbonyl (C=O) groups excluding carboxylic acids is 2. The summed E-state index contributed by atoms with van der Waals surface area (Å²) in [6, 6.07) is 16.3. The van der Waals surface area contributed by atoms with Crippen molar-refractivity contribution in [2.45, 2.75) is 32.7 Å². The van der Waals surface area contributed by atoms with Crippen molar-refractivity contribution in [3.05, 3.63) is 99.3 Å². The van der Waals surface area contributed by atoms with Crippen LogP contribution >= 0.6 is 23.2 Å². The van der Waals surface area contributed by atoms with Crippen molar-refractivity contribution in [1.29, 1.82) is 0 Å². The predicted octanol–water partition coefficient (Wildman–Crippen LogP) is 6.90. The molecule has 2 amide bonds. The lowest BCUT2D eigenvalue weighted by molar-refractivity contribution is -0.137. The highest BCUT2D eigenvalue weighted by Crippen LogP contribution is 2.57. The van der Waals surface area contributed by atoms with E-state index in [0.29, 0.717) is 51.8 Å². The van der Waals surface area contributed by atoms with Gasteiger partial charge in [-0.05, 0) is 85.2 Å². The van der Waals surface area contributed by atoms with E-state index in [1.54, 1.807) is 47.0 Å². The van der Waals surface area contributed by atoms with E-state index >= 15 is 0 Å². The molecule has 0 spiro atoms. The van der Waals surface area contributed by atoms with Gasteiger partial charge in [-0.3, -0.25) is 19.2 Å². The van der Waals surface area contributed by atoms with Crippen LogP contribution in [0.2, 0.25) is 10.0 Å². The number of aromatic nitrogens is 2. The number of carboxylic acid groups (broad SMARTS) is 1. The number of nitrogens with zero attached hydrogens (tertiary/aromatic N) is 4. The Kier molecular flexibility index (Phi) is 9.42. The van der Waals surface area contributed by atoms with Crippen LogP contribution in [0.25, 0.3) is 11.1 Å². The molecule has 10 nitrogen and oxygen atoms in total. The first-order chi connectivity index (χ1) is 22.6. The van der Waals surface area contributed by atoms with Gasteiger partial charge < -0.3 is 19.5 Å². The number of aliphatic carboxylic acids is 1. The quantitative estimate of drug-likeness (QED) is 0.172. The molecule has 47 heavy (non-hydrogen) atoms. The topological polar surface area (TPSA) is 114 Å². The van der Waals surface area contributed by atoms with Gasteiger partial charge in [0.25, 0.3) is 5.91 Å². The van der Waals surface area contributed by atoms with E-state index in [-0.39, 0.29) is 32.2 Å². The fraction of sp³-hybridized carbons (Fsp3) is 0.314. The largest absolute Gasteiger partial charge is 0.490 e. The number of halogens is 2. The van der Waals surface area contributed by atoms with Crippen molar-refractivity contribution in [2.75, 3.05) is 37.7 Å². The van der Waals surface area contributed by atoms with Crippen LogP contribution in [-0.4, -0.2) is 70.6 Å². The molecule has 1 fully saturated rings. The summed E-state index contributed by atoms with van der Waals surface area (Å²) in [7, 11) is 0. The molecule has 1 N–H and O–H groups in total. The zero-order valence-electron chi connectivity index (χ0n) is 26.0. The zero-order chi connectivity index (χ0) is 33.2. The maximum absolute atomic E-state index is 13.3. The van der Waals surface area contributed by atoms with Gasteiger partial charge in [0.2, 0.25) is 0 Å². The number of anilines is 1. The normalized spacial score (nSPS) is 16.2. The molecule has 12 heteroatoms. The number of carboxylic acids is 1. The first-order valence-electron chi connectivity index (χ1n) is 15.4. The summed E-state index contributed by atoms with van der Waals surface area (Å²) < 4.78 is 13.2. The second kappa shape index (κ2) is 13.7. The fourth-order valence-electron chi connectivity index (χ4n) is 6.11. The molecule has 0 bridgehead atoms. The molecule has 4 aromatic rings. The molecule has 2 atom stereocenters. The zero-order valence-corrected chi connectivity index (χ0v) is 27.5. The minimum Gasteiger partial charge on any atom is -0.490 e. The molecule has 1 aliphatic carbocycles. The first-order valence-corrected chi connectivity index (χ1v) is 16.2. The Balaban J connectivity index is 1.16. The van der Waals surface area contributed by atoms with Gasteiger partial charge in [0.15, 0.2) is 0 Å². The SMILES string of the molecule is CCN(CC(=O)O)C(=O)c1ccc(Cl)c(Cn2cc(-c3cccc4c3[C@H]3C[C@H]3CN4C(=O)OCCOc3cccc(Cl)c3C)cn2)c1. The van der Waals surface area contributed by atoms with E-state index in [0.717, 1.165) is 34.4 Å². The summed E-state index contributed by atoms with van der Waals surface area (Å²) in [6.45, 7) is 4.71. The van der Waals surface area contributed by atoms with Gasteiger partial charge in [0, 0.05) is 46.0 Å². The van der Waals surface area contributed by atoms with Crippen molar-refractivity contribution < 1.29 is 29.0 Å². The van der Waals surface area contributed by atoms with Crippen LogP contribution in [0.15, 0.2) is 67.0 Å². The van der Waals surface area contributed by atoms with E-state index in [1.165, 1.54) is 4.90 Å². The maximum atomic E-state index is 13.3. The molecule has 3 aromatic carbocycles. The molecule has 0 saturated heterocycles. The monoisotopic (exact) mass is 676 g/mol. The molecular formula is C35H34Cl2N4O6. The minimum absolute atomic E-state index is 0.0998. The number of hydrogen-bond donors (Lipinski definition) is 1. The van der Waals surface area contributed by atoms with Gasteiger partial charge in [-0.2, -0.15) is 5.10 Å². The Bertz CT molecular complexity index is 1840. The Hall–Kier alpha value is -4.54. The van der Waals surface area contributed by atoms with Gasteiger partial charge in [-0.1, -0.05) is 41.4 Å². The third kappa shape index (κ3) is 6.94. The van der Waals surface area contributed by atoms with Crippen LogP contribution in [0.3, 0.4) is 0 Å². The number of likely N-dealkylation sites (N-methyl/N-ethyl adjacent to an activating group) is 1. The predicted molar refractivity (Wildman–Crippen MR) is 179 cm³/mol. The summed E-state index contributed by atoms with van der Waals surface area (Å²) in [4.78, 5) is 40.4. The van der Waals surface area contributed by atoms with E-state index in [4.69, 9.17) is 37.8 Å². The van der Waals surface area contributed by atoms with Gasteiger partial charge >= 0.3 is 12.1 Å². The highest BCUT2D eigenvalue weighted by Gasteiger charge is 2.48. The Labute approximate surface area is 282 Å². The van der Waals surface area contributed by atoms with E-state index in [2.05, 4.69) is 5.10 Å². The van der Waals surface area contributed by atoms with Gasteiger partial charge in [0.1, 0.15) is 25.5 Å². The summed E-state index contributed by atoms with van der Waals surface area (Å²) in [5, 5.41) is 14.8. The number of fused-ring (bicyclic) bond motifs is 3.